The van der Waals surface area contributed by atoms with Gasteiger partial charge in [-0.15, -0.1) is 0 Å². The van der Waals surface area contributed by atoms with E-state index in [-0.39, 0.29) is 11.9 Å². The fraction of sp³-hybridized carbons (Fsp3) is 0.519. The molecule has 1 saturated carbocycles. The van der Waals surface area contributed by atoms with Crippen LogP contribution in [0.15, 0.2) is 24.3 Å². The van der Waals surface area contributed by atoms with Gasteiger partial charge < -0.3 is 24.7 Å². The summed E-state index contributed by atoms with van der Waals surface area (Å²) in [7, 11) is 0. The number of ether oxygens (including phenoxy) is 2. The lowest BCUT2D eigenvalue weighted by Gasteiger charge is -2.37. The summed E-state index contributed by atoms with van der Waals surface area (Å²) in [6.45, 7) is 7.24. The predicted octanol–water partition coefficient (Wildman–Crippen LogP) is 5.01. The number of rotatable bonds is 6. The molecule has 1 aliphatic carbocycles. The molecular weight excluding hydrogens is 506 g/mol. The van der Waals surface area contributed by atoms with Crippen LogP contribution in [0.25, 0.3) is 22.4 Å². The molecule has 3 aromatic rings. The van der Waals surface area contributed by atoms with Gasteiger partial charge in [0.25, 0.3) is 5.90 Å². The Morgan fingerprint density at radius 3 is 2.74 bits per heavy atom. The maximum absolute atomic E-state index is 11.4. The molecule has 0 bridgehead atoms. The minimum atomic E-state index is -1.10. The molecule has 1 aromatic carbocycles. The number of amides is 1. The molecule has 2 fully saturated rings. The van der Waals surface area contributed by atoms with Crippen LogP contribution in [0.3, 0.4) is 0 Å². The van der Waals surface area contributed by atoms with Gasteiger partial charge in [-0.2, -0.15) is 4.98 Å². The molecule has 11 heteroatoms. The number of nitrogens with one attached hydrogen (secondary N) is 1. The first-order chi connectivity index (χ1) is 18.3. The van der Waals surface area contributed by atoms with Gasteiger partial charge in [0.2, 0.25) is 11.8 Å². The number of aromatic nitrogens is 4. The van der Waals surface area contributed by atoms with Crippen LogP contribution >= 0.6 is 11.6 Å². The van der Waals surface area contributed by atoms with Crippen LogP contribution in [0.1, 0.15) is 51.8 Å². The predicted molar refractivity (Wildman–Crippen MR) is 147 cm³/mol. The molecular formula is C27H34ClN7O3. The Bertz CT molecular complexity index is 1340. The lowest BCUT2D eigenvalue weighted by atomic mass is 9.83. The number of fused-ring (bicyclic) bond motifs is 1. The Hall–Kier alpha value is -3.24. The molecule has 10 nitrogen and oxygen atoms in total. The Balaban J connectivity index is 1.72. The van der Waals surface area contributed by atoms with Crippen LogP contribution in [0, 0.1) is 17.2 Å². The third-order valence-electron chi connectivity index (χ3n) is 7.62. The average Bonchev–Trinajstić information content (AvgIpc) is 3.27. The highest BCUT2D eigenvalue weighted by Gasteiger charge is 2.31. The van der Waals surface area contributed by atoms with Gasteiger partial charge in [0, 0.05) is 23.7 Å². The first kappa shape index (κ1) is 26.4. The van der Waals surface area contributed by atoms with Gasteiger partial charge in [-0.05, 0) is 43.2 Å². The minimum absolute atomic E-state index is 0.0667. The molecule has 3 N–H and O–H groups in total. The molecule has 1 aliphatic heterocycles. The molecule has 1 saturated heterocycles. The zero-order chi connectivity index (χ0) is 26.8. The summed E-state index contributed by atoms with van der Waals surface area (Å²) in [5.74, 6) is 1.48. The van der Waals surface area contributed by atoms with Gasteiger partial charge in [-0.25, -0.2) is 14.8 Å². The van der Waals surface area contributed by atoms with Crippen molar-refractivity contribution < 1.29 is 14.3 Å². The van der Waals surface area contributed by atoms with E-state index in [0.29, 0.717) is 35.5 Å². The van der Waals surface area contributed by atoms with Gasteiger partial charge in [-0.3, -0.25) is 5.41 Å². The van der Waals surface area contributed by atoms with Gasteiger partial charge in [-0.1, -0.05) is 50.4 Å². The number of carbonyl (C=O) groups is 1. The van der Waals surface area contributed by atoms with Crippen molar-refractivity contribution in [1.82, 2.24) is 19.5 Å². The molecule has 0 spiro atoms. The maximum atomic E-state index is 11.4. The quantitative estimate of drug-likeness (QED) is 0.332. The van der Waals surface area contributed by atoms with Crippen molar-refractivity contribution in [1.29, 1.82) is 5.41 Å². The highest BCUT2D eigenvalue weighted by molar-refractivity contribution is 6.30. The molecule has 1 amide bonds. The summed E-state index contributed by atoms with van der Waals surface area (Å²) in [6.07, 6.45) is 4.56. The largest absolute Gasteiger partial charge is 0.411 e. The van der Waals surface area contributed by atoms with Crippen molar-refractivity contribution in [3.63, 3.8) is 0 Å². The second kappa shape index (κ2) is 11.2. The molecule has 2 aromatic heterocycles. The fourth-order valence-electron chi connectivity index (χ4n) is 5.53. The summed E-state index contributed by atoms with van der Waals surface area (Å²) >= 11 is 6.37. The molecule has 0 radical (unpaired) electrons. The molecule has 1 atom stereocenters. The zero-order valence-electron chi connectivity index (χ0n) is 21.8. The Labute approximate surface area is 227 Å². The van der Waals surface area contributed by atoms with Crippen LogP contribution in [0.4, 0.5) is 10.7 Å². The fourth-order valence-corrected chi connectivity index (χ4v) is 5.72. The Kier molecular flexibility index (Phi) is 7.80. The van der Waals surface area contributed by atoms with E-state index in [1.54, 1.807) is 6.07 Å². The van der Waals surface area contributed by atoms with E-state index < -0.39 is 12.0 Å². The van der Waals surface area contributed by atoms with Crippen molar-refractivity contribution >= 4 is 40.7 Å². The van der Waals surface area contributed by atoms with E-state index in [1.807, 2.05) is 18.2 Å². The summed E-state index contributed by atoms with van der Waals surface area (Å²) in [5, 5.41) is 8.80. The van der Waals surface area contributed by atoms with Crippen molar-refractivity contribution in [3.8, 4) is 11.3 Å². The average molecular weight is 540 g/mol. The van der Waals surface area contributed by atoms with Crippen LogP contribution < -0.4 is 10.6 Å². The number of morpholine rings is 1. The van der Waals surface area contributed by atoms with Crippen molar-refractivity contribution in [2.75, 3.05) is 24.7 Å². The first-order valence-electron chi connectivity index (χ1n) is 13.3. The summed E-state index contributed by atoms with van der Waals surface area (Å²) in [6, 6.07) is 7.58. The van der Waals surface area contributed by atoms with Gasteiger partial charge in [0.15, 0.2) is 5.65 Å². The molecule has 2 aliphatic rings. The second-order valence-electron chi connectivity index (χ2n) is 10.3. The minimum Gasteiger partial charge on any atom is -0.388 e. The molecule has 38 heavy (non-hydrogen) atoms. The number of halogens is 1. The molecule has 0 unspecified atom stereocenters. The van der Waals surface area contributed by atoms with Gasteiger partial charge in [0.05, 0.1) is 19.3 Å². The number of benzene rings is 1. The van der Waals surface area contributed by atoms with E-state index in [4.69, 9.17) is 42.2 Å². The normalized spacial score (nSPS) is 22.0. The number of carbonyl (C=O) groups excluding carboxylic acids is 1. The number of nitrogens with zero attached hydrogens (tertiary/aromatic N) is 5. The van der Waals surface area contributed by atoms with Crippen LogP contribution in [0.2, 0.25) is 5.02 Å². The monoisotopic (exact) mass is 539 g/mol. The maximum Gasteiger partial charge on any atom is 0.411 e. The summed E-state index contributed by atoms with van der Waals surface area (Å²) in [4.78, 5) is 28.0. The van der Waals surface area contributed by atoms with Crippen molar-refractivity contribution in [2.24, 2.45) is 17.6 Å². The second-order valence-corrected chi connectivity index (χ2v) is 10.7. The summed E-state index contributed by atoms with van der Waals surface area (Å²) in [5.41, 5.74) is 7.72. The van der Waals surface area contributed by atoms with Gasteiger partial charge in [0.1, 0.15) is 11.2 Å². The van der Waals surface area contributed by atoms with E-state index in [1.165, 1.54) is 12.8 Å². The topological polar surface area (TPSA) is 132 Å². The van der Waals surface area contributed by atoms with E-state index in [0.717, 1.165) is 55.3 Å². The lowest BCUT2D eigenvalue weighted by Crippen LogP contribution is -2.46. The van der Waals surface area contributed by atoms with Crippen molar-refractivity contribution in [3.05, 3.63) is 35.1 Å². The van der Waals surface area contributed by atoms with Crippen molar-refractivity contribution in [2.45, 2.75) is 58.5 Å². The third-order valence-corrected chi connectivity index (χ3v) is 7.85. The number of primary amides is 1. The third kappa shape index (κ3) is 5.47. The van der Waals surface area contributed by atoms with Crippen LogP contribution in [0.5, 0.6) is 0 Å². The SMILES string of the molecule is CC[C@@H]1COCCN1c1nc2nc(C(=N)OC(N)=O)nc(-c3cccc(Cl)c3)c2n1CC1CCC(C)CC1. The number of nitrogens with two attached hydrogens (primary N) is 1. The smallest absolute Gasteiger partial charge is 0.388 e. The summed E-state index contributed by atoms with van der Waals surface area (Å²) < 4.78 is 12.9. The van der Waals surface area contributed by atoms with Gasteiger partial charge >= 0.3 is 6.09 Å². The number of hydrogen-bond donors (Lipinski definition) is 2. The lowest BCUT2D eigenvalue weighted by molar-refractivity contribution is 0.0916. The van der Waals surface area contributed by atoms with E-state index >= 15 is 0 Å². The number of anilines is 1. The van der Waals surface area contributed by atoms with Crippen LogP contribution in [-0.2, 0) is 16.0 Å². The molecule has 5 rings (SSSR count). The van der Waals surface area contributed by atoms with E-state index in [9.17, 15) is 4.79 Å². The molecule has 202 valence electrons. The van der Waals surface area contributed by atoms with E-state index in [2.05, 4.69) is 28.3 Å². The number of imidazole rings is 1. The molecule has 3 heterocycles. The van der Waals surface area contributed by atoms with Crippen LogP contribution in [-0.4, -0.2) is 57.3 Å². The Morgan fingerprint density at radius 1 is 1.24 bits per heavy atom. The standard InChI is InChI=1S/C27H34ClN7O3/c1-3-20-15-37-12-11-34(20)27-33-24-22(35(27)14-17-9-7-16(2)8-10-17)21(18-5-4-6-19(28)13-18)31-25(32-24)23(29)38-26(30)36/h4-6,13,16-17,20,29H,3,7-12,14-15H2,1-2H3,(H2,30,36)/t16?,17?,20-/m1/s1. The Morgan fingerprint density at radius 2 is 2.03 bits per heavy atom. The number of hydrogen-bond acceptors (Lipinski definition) is 8. The highest BCUT2D eigenvalue weighted by Crippen LogP contribution is 2.36. The first-order valence-corrected chi connectivity index (χ1v) is 13.7. The zero-order valence-corrected chi connectivity index (χ0v) is 22.6. The highest BCUT2D eigenvalue weighted by atomic mass is 35.5.